The molecule has 1 atom stereocenters. The monoisotopic (exact) mass is 570 g/mol. The van der Waals surface area contributed by atoms with Crippen molar-refractivity contribution in [1.29, 1.82) is 0 Å². The predicted molar refractivity (Wildman–Crippen MR) is 143 cm³/mol. The summed E-state index contributed by atoms with van der Waals surface area (Å²) in [4.78, 5) is 54.2. The Kier molecular flexibility index (Phi) is 12.5. The van der Waals surface area contributed by atoms with Gasteiger partial charge in [0.2, 0.25) is 5.78 Å². The van der Waals surface area contributed by atoms with Gasteiger partial charge < -0.3 is 25.1 Å². The number of carbonyl (C=O) groups excluding carboxylic acids is 4. The first kappa shape index (κ1) is 33.5. The number of Topliss-reactive ketones (excluding diaryl/α,β-unsaturated/α-hetero) is 1. The van der Waals surface area contributed by atoms with E-state index in [2.05, 4.69) is 0 Å². The van der Waals surface area contributed by atoms with Crippen molar-refractivity contribution in [2.45, 2.75) is 44.9 Å². The third kappa shape index (κ3) is 10.0. The Labute approximate surface area is 260 Å². The summed E-state index contributed by atoms with van der Waals surface area (Å²) < 4.78 is 11.7. The number of carboxylic acid groups (broad SMARTS) is 1. The van der Waals surface area contributed by atoms with Crippen LogP contribution in [0.3, 0.4) is 0 Å². The Hall–Kier alpha value is -3.70. The van der Waals surface area contributed by atoms with Crippen LogP contribution in [0.4, 0.5) is 4.79 Å². The number of urea groups is 1. The molecule has 0 aliphatic carbocycles. The van der Waals surface area contributed by atoms with Crippen LogP contribution in [0.25, 0.3) is 0 Å². The Balaban J connectivity index is 0.00000588. The number of ether oxygens (including phenoxy) is 2. The number of benzene rings is 3. The summed E-state index contributed by atoms with van der Waals surface area (Å²) in [5.41, 5.74) is 6.13. The molecule has 2 amide bonds. The fraction of sp³-hybridized carbons (Fsp3) is 0.267. The Morgan fingerprint density at radius 2 is 1.37 bits per heavy atom. The summed E-state index contributed by atoms with van der Waals surface area (Å²) in [6.07, 6.45) is -0.829. The van der Waals surface area contributed by atoms with E-state index in [1.165, 1.54) is 24.3 Å². The quantitative estimate of drug-likeness (QED) is 0.107. The fourth-order valence-corrected chi connectivity index (χ4v) is 3.78. The number of carbonyl (C=O) groups is 4. The van der Waals surface area contributed by atoms with Crippen LogP contribution in [0.1, 0.15) is 54.8 Å². The molecule has 0 radical (unpaired) electrons. The van der Waals surface area contributed by atoms with Crippen molar-refractivity contribution in [3.8, 4) is 5.75 Å². The minimum Gasteiger partial charge on any atom is -0.541 e. The Morgan fingerprint density at radius 3 is 1.80 bits per heavy atom. The predicted octanol–water partition coefficient (Wildman–Crippen LogP) is 0.204. The molecule has 10 nitrogen and oxygen atoms in total. The first-order chi connectivity index (χ1) is 19.0. The summed E-state index contributed by atoms with van der Waals surface area (Å²) in [6.45, 7) is 5.03. The molecule has 3 rings (SSSR count). The van der Waals surface area contributed by atoms with Crippen LogP contribution in [-0.4, -0.2) is 47.1 Å². The molecule has 0 heterocycles. The van der Waals surface area contributed by atoms with Gasteiger partial charge in [0, 0.05) is 12.0 Å². The molecule has 1 unspecified atom stereocenters. The van der Waals surface area contributed by atoms with E-state index in [-0.39, 0.29) is 48.1 Å². The van der Waals surface area contributed by atoms with Crippen molar-refractivity contribution < 1.29 is 68.2 Å². The number of nitrogens with two attached hydrogens (primary N) is 1. The maximum Gasteiger partial charge on any atom is 1.00 e. The third-order valence-electron chi connectivity index (χ3n) is 5.55. The third-order valence-corrected chi connectivity index (χ3v) is 5.55. The normalized spacial score (nSPS) is 11.6. The smallest absolute Gasteiger partial charge is 0.541 e. The zero-order chi connectivity index (χ0) is 29.3. The minimum absolute atomic E-state index is 0. The molecule has 0 saturated heterocycles. The molecule has 0 bridgehead atoms. The molecule has 0 fully saturated rings. The summed E-state index contributed by atoms with van der Waals surface area (Å²) in [5.74, 6) is -3.43. The number of esters is 1. The maximum absolute atomic E-state index is 13.7. The SMILES string of the molecule is CC(C)(C)ON(C(N)=O)C(CCOc1ccc(C(=O)C(=O)[O-])cc1)C(=O)OC(c1ccccc1)c1ccccc1.[Na+]. The van der Waals surface area contributed by atoms with Crippen LogP contribution < -0.4 is 45.1 Å². The molecule has 0 aromatic heterocycles. The summed E-state index contributed by atoms with van der Waals surface area (Å²) in [6, 6.07) is 21.4. The van der Waals surface area contributed by atoms with E-state index in [1.54, 1.807) is 20.8 Å². The first-order valence-electron chi connectivity index (χ1n) is 12.5. The van der Waals surface area contributed by atoms with Crippen LogP contribution in [0.15, 0.2) is 84.9 Å². The Morgan fingerprint density at radius 1 is 0.854 bits per heavy atom. The van der Waals surface area contributed by atoms with Gasteiger partial charge in [-0.15, -0.1) is 0 Å². The van der Waals surface area contributed by atoms with E-state index < -0.39 is 41.5 Å². The van der Waals surface area contributed by atoms with Gasteiger partial charge in [-0.1, -0.05) is 60.7 Å². The van der Waals surface area contributed by atoms with Gasteiger partial charge in [-0.25, -0.2) is 9.59 Å². The van der Waals surface area contributed by atoms with E-state index in [4.69, 9.17) is 20.0 Å². The molecular formula is C30H31N2NaO8. The topological polar surface area (TPSA) is 148 Å². The van der Waals surface area contributed by atoms with Gasteiger partial charge in [0.05, 0.1) is 12.2 Å². The van der Waals surface area contributed by atoms with E-state index >= 15 is 0 Å². The van der Waals surface area contributed by atoms with Gasteiger partial charge in [-0.05, 0) is 56.2 Å². The fourth-order valence-electron chi connectivity index (χ4n) is 3.78. The number of carboxylic acids is 1. The molecule has 0 aliphatic rings. The number of hydrogen-bond donors (Lipinski definition) is 1. The number of nitrogens with zero attached hydrogens (tertiary/aromatic N) is 1. The number of amides is 2. The average Bonchev–Trinajstić information content (AvgIpc) is 2.93. The molecule has 0 aliphatic heterocycles. The molecular weight excluding hydrogens is 539 g/mol. The van der Waals surface area contributed by atoms with Gasteiger partial charge in [-0.3, -0.25) is 9.63 Å². The molecule has 11 heteroatoms. The largest absolute Gasteiger partial charge is 1.00 e. The van der Waals surface area contributed by atoms with Crippen molar-refractivity contribution in [3.05, 3.63) is 102 Å². The number of hydrogen-bond acceptors (Lipinski definition) is 8. The molecule has 210 valence electrons. The average molecular weight is 571 g/mol. The van der Waals surface area contributed by atoms with E-state index in [1.807, 2.05) is 60.7 Å². The number of rotatable bonds is 12. The summed E-state index contributed by atoms with van der Waals surface area (Å²) >= 11 is 0. The Bertz CT molecular complexity index is 1270. The van der Waals surface area contributed by atoms with Gasteiger partial charge in [-0.2, -0.15) is 5.06 Å². The molecule has 2 N–H and O–H groups in total. The number of ketones is 1. The summed E-state index contributed by atoms with van der Waals surface area (Å²) in [5, 5.41) is 11.6. The minimum atomic E-state index is -1.82. The van der Waals surface area contributed by atoms with Crippen molar-refractivity contribution in [2.24, 2.45) is 5.73 Å². The number of hydroxylamine groups is 2. The van der Waals surface area contributed by atoms with Crippen molar-refractivity contribution in [1.82, 2.24) is 5.06 Å². The second kappa shape index (κ2) is 15.3. The van der Waals surface area contributed by atoms with Gasteiger partial charge in [0.1, 0.15) is 11.7 Å². The molecule has 3 aromatic carbocycles. The molecule has 3 aromatic rings. The van der Waals surface area contributed by atoms with E-state index in [0.717, 1.165) is 16.2 Å². The molecule has 0 saturated carbocycles. The van der Waals surface area contributed by atoms with Crippen LogP contribution >= 0.6 is 0 Å². The van der Waals surface area contributed by atoms with Gasteiger partial charge in [0.25, 0.3) is 0 Å². The van der Waals surface area contributed by atoms with Crippen molar-refractivity contribution in [2.75, 3.05) is 6.61 Å². The molecule has 0 spiro atoms. The second-order valence-corrected chi connectivity index (χ2v) is 9.80. The number of aliphatic carboxylic acids is 1. The molecule has 41 heavy (non-hydrogen) atoms. The van der Waals surface area contributed by atoms with Crippen LogP contribution in [-0.2, 0) is 19.2 Å². The second-order valence-electron chi connectivity index (χ2n) is 9.80. The van der Waals surface area contributed by atoms with Crippen molar-refractivity contribution >= 4 is 23.8 Å². The van der Waals surface area contributed by atoms with Gasteiger partial charge in [0.15, 0.2) is 12.1 Å². The van der Waals surface area contributed by atoms with Crippen molar-refractivity contribution in [3.63, 3.8) is 0 Å². The zero-order valence-corrected chi connectivity index (χ0v) is 25.4. The standard InChI is InChI=1S/C30H32N2O8.Na/c1-30(2,3)40-32(29(31)37)24(18-19-38-23-16-14-20(15-17-23)25(33)27(34)35)28(36)39-26(21-10-6-4-7-11-21)22-12-8-5-9-13-22;/h4-17,24,26H,18-19H2,1-3H3,(H2,31,37)(H,34,35);/q;+1/p-1. The van der Waals surface area contributed by atoms with E-state index in [9.17, 15) is 24.3 Å². The van der Waals surface area contributed by atoms with Crippen LogP contribution in [0, 0.1) is 0 Å². The summed E-state index contributed by atoms with van der Waals surface area (Å²) in [7, 11) is 0. The van der Waals surface area contributed by atoms with Crippen LogP contribution in [0.5, 0.6) is 5.75 Å². The maximum atomic E-state index is 13.7. The van der Waals surface area contributed by atoms with Crippen LogP contribution in [0.2, 0.25) is 0 Å². The number of primary amides is 1. The first-order valence-corrected chi connectivity index (χ1v) is 12.5. The zero-order valence-electron chi connectivity index (χ0n) is 23.4. The van der Waals surface area contributed by atoms with E-state index in [0.29, 0.717) is 5.75 Å². The van der Waals surface area contributed by atoms with Gasteiger partial charge >= 0.3 is 41.6 Å².